The second-order valence-electron chi connectivity index (χ2n) is 5.65. The molecule has 19 heavy (non-hydrogen) atoms. The van der Waals surface area contributed by atoms with Gasteiger partial charge in [-0.05, 0) is 36.5 Å². The van der Waals surface area contributed by atoms with E-state index in [0.717, 1.165) is 18.5 Å². The highest BCUT2D eigenvalue weighted by atomic mass is 19.1. The molecule has 0 saturated carbocycles. The third kappa shape index (κ3) is 3.53. The largest absolute Gasteiger partial charge is 0.481 e. The van der Waals surface area contributed by atoms with Crippen LogP contribution in [0.1, 0.15) is 24.5 Å². The summed E-state index contributed by atoms with van der Waals surface area (Å²) in [6, 6.07) is 5.09. The number of benzene rings is 1. The number of carboxylic acid groups (broad SMARTS) is 1. The smallest absolute Gasteiger partial charge is 0.307 e. The number of nitrogens with zero attached hydrogens (tertiary/aromatic N) is 1. The molecule has 2 rings (SSSR count). The number of rotatable bonds is 3. The van der Waals surface area contributed by atoms with E-state index in [1.807, 2.05) is 6.07 Å². The molecule has 4 heteroatoms. The lowest BCUT2D eigenvalue weighted by Gasteiger charge is -2.34. The predicted octanol–water partition coefficient (Wildman–Crippen LogP) is 2.68. The fourth-order valence-corrected chi connectivity index (χ4v) is 2.83. The number of aryl methyl sites for hydroxylation is 1. The van der Waals surface area contributed by atoms with Gasteiger partial charge in [-0.1, -0.05) is 19.1 Å². The van der Waals surface area contributed by atoms with E-state index in [4.69, 9.17) is 5.11 Å². The van der Waals surface area contributed by atoms with Gasteiger partial charge >= 0.3 is 5.97 Å². The number of likely N-dealkylation sites (tertiary alicyclic amines) is 1. The molecule has 2 unspecified atom stereocenters. The van der Waals surface area contributed by atoms with Gasteiger partial charge in [0.25, 0.3) is 0 Å². The quantitative estimate of drug-likeness (QED) is 0.913. The Morgan fingerprint density at radius 1 is 1.47 bits per heavy atom. The molecule has 1 aliphatic rings. The minimum absolute atomic E-state index is 0.195. The Kier molecular flexibility index (Phi) is 4.20. The SMILES string of the molecule is Cc1cc(CN2CC(C)CC(C(=O)O)C2)ccc1F. The Hall–Kier alpha value is -1.42. The number of carboxylic acids is 1. The molecule has 0 aromatic heterocycles. The summed E-state index contributed by atoms with van der Waals surface area (Å²) >= 11 is 0. The summed E-state index contributed by atoms with van der Waals surface area (Å²) < 4.78 is 13.2. The molecule has 1 N–H and O–H groups in total. The van der Waals surface area contributed by atoms with E-state index in [9.17, 15) is 9.18 Å². The van der Waals surface area contributed by atoms with E-state index in [0.29, 0.717) is 24.6 Å². The molecule has 3 nitrogen and oxygen atoms in total. The van der Waals surface area contributed by atoms with Gasteiger partial charge in [0.2, 0.25) is 0 Å². The first-order valence-electron chi connectivity index (χ1n) is 6.66. The van der Waals surface area contributed by atoms with Gasteiger partial charge in [0.05, 0.1) is 5.92 Å². The molecule has 0 radical (unpaired) electrons. The molecule has 0 aliphatic carbocycles. The highest BCUT2D eigenvalue weighted by Gasteiger charge is 2.29. The molecule has 1 aromatic carbocycles. The van der Waals surface area contributed by atoms with Crippen LogP contribution in [0.5, 0.6) is 0 Å². The zero-order valence-corrected chi connectivity index (χ0v) is 11.4. The molecule has 0 spiro atoms. The van der Waals surface area contributed by atoms with Crippen molar-refractivity contribution in [2.45, 2.75) is 26.8 Å². The number of aliphatic carboxylic acids is 1. The molecule has 1 fully saturated rings. The topological polar surface area (TPSA) is 40.5 Å². The van der Waals surface area contributed by atoms with Crippen molar-refractivity contribution in [2.75, 3.05) is 13.1 Å². The molecule has 0 bridgehead atoms. The van der Waals surface area contributed by atoms with Crippen molar-refractivity contribution in [3.63, 3.8) is 0 Å². The predicted molar refractivity (Wildman–Crippen MR) is 71.3 cm³/mol. The molecule has 1 heterocycles. The molecule has 104 valence electrons. The van der Waals surface area contributed by atoms with Crippen molar-refractivity contribution in [1.29, 1.82) is 0 Å². The van der Waals surface area contributed by atoms with Gasteiger partial charge in [-0.2, -0.15) is 0 Å². The van der Waals surface area contributed by atoms with Crippen molar-refractivity contribution in [1.82, 2.24) is 4.90 Å². The van der Waals surface area contributed by atoms with Crippen molar-refractivity contribution in [3.8, 4) is 0 Å². The average molecular weight is 265 g/mol. The van der Waals surface area contributed by atoms with Crippen LogP contribution in [0.3, 0.4) is 0 Å². The third-order valence-corrected chi connectivity index (χ3v) is 3.71. The molecule has 1 saturated heterocycles. The maximum absolute atomic E-state index is 13.2. The fraction of sp³-hybridized carbons (Fsp3) is 0.533. The van der Waals surface area contributed by atoms with Gasteiger partial charge < -0.3 is 5.11 Å². The van der Waals surface area contributed by atoms with Gasteiger partial charge in [-0.15, -0.1) is 0 Å². The van der Waals surface area contributed by atoms with E-state index in [2.05, 4.69) is 11.8 Å². The van der Waals surface area contributed by atoms with Gasteiger partial charge in [0.15, 0.2) is 0 Å². The first-order chi connectivity index (χ1) is 8.95. The Morgan fingerprint density at radius 3 is 2.84 bits per heavy atom. The zero-order valence-electron chi connectivity index (χ0n) is 11.4. The number of carbonyl (C=O) groups is 1. The standard InChI is InChI=1S/C15H20FNO2/c1-10-5-13(15(18)19)9-17(7-10)8-12-3-4-14(16)11(2)6-12/h3-4,6,10,13H,5,7-9H2,1-2H3,(H,18,19). The van der Waals surface area contributed by atoms with Gasteiger partial charge in [-0.25, -0.2) is 4.39 Å². The molecule has 1 aromatic rings. The molecule has 1 aliphatic heterocycles. The minimum atomic E-state index is -0.716. The Morgan fingerprint density at radius 2 is 2.21 bits per heavy atom. The maximum Gasteiger partial charge on any atom is 0.307 e. The van der Waals surface area contributed by atoms with Crippen molar-refractivity contribution >= 4 is 5.97 Å². The number of hydrogen-bond donors (Lipinski definition) is 1. The van der Waals surface area contributed by atoms with E-state index >= 15 is 0 Å². The van der Waals surface area contributed by atoms with Crippen molar-refractivity contribution < 1.29 is 14.3 Å². The summed E-state index contributed by atoms with van der Waals surface area (Å²) in [6.07, 6.45) is 0.744. The van der Waals surface area contributed by atoms with Gasteiger partial charge in [-0.3, -0.25) is 9.69 Å². The molecule has 2 atom stereocenters. The monoisotopic (exact) mass is 265 g/mol. The normalized spacial score (nSPS) is 24.4. The van der Waals surface area contributed by atoms with Crippen LogP contribution < -0.4 is 0 Å². The maximum atomic E-state index is 13.2. The van der Waals surface area contributed by atoms with Crippen LogP contribution in [0.2, 0.25) is 0 Å². The molecular formula is C15H20FNO2. The van der Waals surface area contributed by atoms with E-state index < -0.39 is 5.97 Å². The summed E-state index contributed by atoms with van der Waals surface area (Å²) in [7, 11) is 0. The van der Waals surface area contributed by atoms with Crippen molar-refractivity contribution in [2.24, 2.45) is 11.8 Å². The first kappa shape index (κ1) is 14.0. The van der Waals surface area contributed by atoms with Crippen LogP contribution >= 0.6 is 0 Å². The lowest BCUT2D eigenvalue weighted by Crippen LogP contribution is -2.41. The van der Waals surface area contributed by atoms with E-state index in [-0.39, 0.29) is 11.7 Å². The Balaban J connectivity index is 2.05. The van der Waals surface area contributed by atoms with Crippen LogP contribution in [0.25, 0.3) is 0 Å². The Bertz CT molecular complexity index is 475. The van der Waals surface area contributed by atoms with Gasteiger partial charge in [0.1, 0.15) is 5.82 Å². The van der Waals surface area contributed by atoms with Crippen LogP contribution in [0.4, 0.5) is 4.39 Å². The summed E-state index contributed by atoms with van der Waals surface area (Å²) in [6.45, 7) is 6.00. The van der Waals surface area contributed by atoms with Crippen LogP contribution in [0, 0.1) is 24.6 Å². The van der Waals surface area contributed by atoms with Crippen LogP contribution in [-0.2, 0) is 11.3 Å². The van der Waals surface area contributed by atoms with Crippen molar-refractivity contribution in [3.05, 3.63) is 35.1 Å². The first-order valence-corrected chi connectivity index (χ1v) is 6.66. The lowest BCUT2D eigenvalue weighted by atomic mass is 9.90. The second-order valence-corrected chi connectivity index (χ2v) is 5.65. The number of hydrogen-bond acceptors (Lipinski definition) is 2. The van der Waals surface area contributed by atoms with E-state index in [1.165, 1.54) is 6.07 Å². The minimum Gasteiger partial charge on any atom is -0.481 e. The summed E-state index contributed by atoms with van der Waals surface area (Å²) in [5.74, 6) is -0.812. The molecule has 0 amide bonds. The lowest BCUT2D eigenvalue weighted by molar-refractivity contribution is -0.144. The Labute approximate surface area is 113 Å². The van der Waals surface area contributed by atoms with E-state index in [1.54, 1.807) is 13.0 Å². The average Bonchev–Trinajstić information content (AvgIpc) is 2.33. The van der Waals surface area contributed by atoms with Gasteiger partial charge in [0, 0.05) is 19.6 Å². The zero-order chi connectivity index (χ0) is 14.0. The second kappa shape index (κ2) is 5.70. The van der Waals surface area contributed by atoms with Crippen LogP contribution in [0.15, 0.2) is 18.2 Å². The highest BCUT2D eigenvalue weighted by Crippen LogP contribution is 2.23. The fourth-order valence-electron chi connectivity index (χ4n) is 2.83. The van der Waals surface area contributed by atoms with Crippen LogP contribution in [-0.4, -0.2) is 29.1 Å². The summed E-state index contributed by atoms with van der Waals surface area (Å²) in [5.41, 5.74) is 1.68. The molecular weight excluding hydrogens is 245 g/mol. The highest BCUT2D eigenvalue weighted by molar-refractivity contribution is 5.70. The number of piperidine rings is 1. The summed E-state index contributed by atoms with van der Waals surface area (Å²) in [5, 5.41) is 9.14. The summed E-state index contributed by atoms with van der Waals surface area (Å²) in [4.78, 5) is 13.3. The third-order valence-electron chi connectivity index (χ3n) is 3.71. The number of halogens is 1.